The molecule has 0 amide bonds. The van der Waals surface area contributed by atoms with Crippen molar-refractivity contribution in [3.05, 3.63) is 105 Å². The summed E-state index contributed by atoms with van der Waals surface area (Å²) in [6.45, 7) is 16.0. The van der Waals surface area contributed by atoms with E-state index >= 15 is 0 Å². The number of allylic oxidation sites excluding steroid dienone is 4. The van der Waals surface area contributed by atoms with E-state index in [-0.39, 0.29) is 40.9 Å². The van der Waals surface area contributed by atoms with Gasteiger partial charge in [0, 0.05) is 0 Å². The Morgan fingerprint density at radius 1 is 0.667 bits per heavy atom. The third kappa shape index (κ3) is 7.34. The Labute approximate surface area is 268 Å². The van der Waals surface area contributed by atoms with Gasteiger partial charge in [-0.15, -0.1) is 0 Å². The molecule has 1 nitrogen and oxygen atoms in total. The maximum absolute atomic E-state index is 2.52. The summed E-state index contributed by atoms with van der Waals surface area (Å²) in [5.74, 6) is 0. The summed E-state index contributed by atoms with van der Waals surface area (Å²) in [7, 11) is 2.71. The van der Waals surface area contributed by atoms with Crippen molar-refractivity contribution in [2.75, 3.05) is 19.0 Å². The molecule has 0 aromatic heterocycles. The van der Waals surface area contributed by atoms with Gasteiger partial charge in [0.2, 0.25) is 0 Å². The summed E-state index contributed by atoms with van der Waals surface area (Å²) in [5, 5.41) is 3.13. The fourth-order valence-electron chi connectivity index (χ4n) is 6.11. The largest absolute Gasteiger partial charge is 1.00 e. The van der Waals surface area contributed by atoms with E-state index in [1.165, 1.54) is 61.8 Å². The molecule has 0 radical (unpaired) electrons. The Hall–Kier alpha value is -1.26. The first kappa shape index (κ1) is 35.8. The number of anilines is 1. The summed E-state index contributed by atoms with van der Waals surface area (Å²) in [6.07, 6.45) is 0. The minimum absolute atomic E-state index is 0. The molecule has 1 aliphatic rings. The summed E-state index contributed by atoms with van der Waals surface area (Å²) < 4.78 is 0.00525. The van der Waals surface area contributed by atoms with Crippen LogP contribution < -0.4 is 52.5 Å². The quantitative estimate of drug-likeness (QED) is 0.281. The Balaban J connectivity index is 0.00000253. The molecule has 1 aliphatic carbocycles. The van der Waals surface area contributed by atoms with Crippen LogP contribution in [-0.4, -0.2) is 22.9 Å². The predicted octanol–water partition coefficient (Wildman–Crippen LogP) is -2.13. The van der Waals surface area contributed by atoms with Gasteiger partial charge >= 0.3 is 233 Å². The zero-order valence-electron chi connectivity index (χ0n) is 24.6. The summed E-state index contributed by atoms with van der Waals surface area (Å²) in [4.78, 5) is 2.21. The Kier molecular flexibility index (Phi) is 12.9. The van der Waals surface area contributed by atoms with E-state index in [1.54, 1.807) is 10.4 Å². The molecule has 0 spiro atoms. The molecule has 0 fully saturated rings. The number of halogens is 3. The number of nitrogens with zero attached hydrogens (tertiary/aromatic N) is 1. The van der Waals surface area contributed by atoms with Gasteiger partial charge in [-0.2, -0.15) is 0 Å². The van der Waals surface area contributed by atoms with Gasteiger partial charge in [0.25, 0.3) is 0 Å². The van der Waals surface area contributed by atoms with Gasteiger partial charge in [0.15, 0.2) is 0 Å². The monoisotopic (exact) mass is 631 g/mol. The third-order valence-corrected chi connectivity index (χ3v) is 13.3. The third-order valence-electron chi connectivity index (χ3n) is 8.02. The average Bonchev–Trinajstić information content (AvgIpc) is 2.96. The van der Waals surface area contributed by atoms with Crippen molar-refractivity contribution < 1.29 is 57.7 Å². The predicted molar refractivity (Wildman–Crippen MR) is 157 cm³/mol. The van der Waals surface area contributed by atoms with Crippen LogP contribution in [0.4, 0.5) is 5.69 Å². The standard InChI is InChI=1S/C33H40NSi.3ClH.Ti/c1-21-13-22(2)16-30(15-21)35(31-17-23(3)14-24(4)18-31)20-32-26(6)25(5)27(7)33(32)28-11-10-12-29(19-28)34(8)9;;;;/h10-19,35H,20H2,1-9H3;3*1H;/q;;;;+3/p-3. The van der Waals surface area contributed by atoms with Crippen molar-refractivity contribution in [2.45, 2.75) is 58.2 Å². The van der Waals surface area contributed by atoms with Crippen LogP contribution in [0.3, 0.4) is 0 Å². The first-order chi connectivity index (χ1) is 16.9. The van der Waals surface area contributed by atoms with Crippen LogP contribution in [0.25, 0.3) is 5.57 Å². The minimum Gasteiger partial charge on any atom is -1.00 e. The van der Waals surface area contributed by atoms with Crippen LogP contribution in [0.15, 0.2) is 77.4 Å². The molecule has 0 heterocycles. The topological polar surface area (TPSA) is 3.24 Å². The molecular weight excluding hydrogens is 593 g/mol. The molecule has 0 N–H and O–H groups in total. The van der Waals surface area contributed by atoms with Crippen molar-refractivity contribution in [1.29, 1.82) is 0 Å². The molecule has 6 heteroatoms. The number of hydrogen-bond acceptors (Lipinski definition) is 1. The number of hydrogen-bond donors (Lipinski definition) is 0. The molecule has 1 atom stereocenters. The van der Waals surface area contributed by atoms with E-state index in [1.807, 2.05) is 0 Å². The van der Waals surface area contributed by atoms with E-state index < -0.39 is 8.80 Å². The second-order valence-electron chi connectivity index (χ2n) is 11.2. The number of aryl methyl sites for hydroxylation is 4. The van der Waals surface area contributed by atoms with Crippen molar-refractivity contribution in [1.82, 2.24) is 0 Å². The van der Waals surface area contributed by atoms with Gasteiger partial charge in [-0.3, -0.25) is 0 Å². The normalized spacial score (nSPS) is 16.6. The van der Waals surface area contributed by atoms with Crippen LogP contribution in [0.1, 0.15) is 48.6 Å². The second-order valence-corrected chi connectivity index (χ2v) is 15.4. The molecule has 3 aromatic carbocycles. The second kappa shape index (κ2) is 14.1. The summed E-state index contributed by atoms with van der Waals surface area (Å²) in [5.41, 5.74) is 14.1. The van der Waals surface area contributed by atoms with E-state index in [0.717, 1.165) is 0 Å². The van der Waals surface area contributed by atoms with Crippen LogP contribution in [0.2, 0.25) is 9.76 Å². The molecule has 1 unspecified atom stereocenters. The first-order valence-electron chi connectivity index (χ1n) is 13.0. The molecule has 0 bridgehead atoms. The van der Waals surface area contributed by atoms with Crippen LogP contribution in [0.5, 0.6) is 0 Å². The van der Waals surface area contributed by atoms with Crippen molar-refractivity contribution >= 4 is 30.4 Å². The number of rotatable bonds is 6. The SMILES string of the molecule is CC1=C(C)[C]([Ti+3])(C[SiH](c2cc(C)cc(C)c2)c2cc(C)cc(C)c2)C(c2cccc(N(C)C)c2)=C1C.[Cl-].[Cl-].[Cl-]. The van der Waals surface area contributed by atoms with Crippen LogP contribution >= 0.6 is 0 Å². The number of benzene rings is 3. The molecule has 3 aromatic rings. The van der Waals surface area contributed by atoms with Gasteiger partial charge in [0.1, 0.15) is 0 Å². The van der Waals surface area contributed by atoms with Crippen molar-refractivity contribution in [3.8, 4) is 0 Å². The van der Waals surface area contributed by atoms with E-state index in [9.17, 15) is 0 Å². The van der Waals surface area contributed by atoms with Crippen molar-refractivity contribution in [3.63, 3.8) is 0 Å². The van der Waals surface area contributed by atoms with Crippen LogP contribution in [-0.2, 0) is 20.4 Å². The Morgan fingerprint density at radius 2 is 1.13 bits per heavy atom. The minimum atomic E-state index is -1.55. The van der Waals surface area contributed by atoms with Gasteiger partial charge in [-0.25, -0.2) is 0 Å². The molecule has 0 aliphatic heterocycles. The summed E-state index contributed by atoms with van der Waals surface area (Å²) >= 11 is 2.52. The van der Waals surface area contributed by atoms with Gasteiger partial charge in [-0.05, 0) is 0 Å². The van der Waals surface area contributed by atoms with Gasteiger partial charge in [0.05, 0.1) is 0 Å². The van der Waals surface area contributed by atoms with Crippen LogP contribution in [0, 0.1) is 27.7 Å². The summed E-state index contributed by atoms with van der Waals surface area (Å²) in [6, 6.07) is 24.8. The molecular formula is C33H40Cl3NSiTi. The molecule has 206 valence electrons. The smallest absolute Gasteiger partial charge is 1.00 e. The zero-order valence-corrected chi connectivity index (χ0v) is 29.6. The maximum atomic E-state index is 2.52. The van der Waals surface area contributed by atoms with E-state index in [0.29, 0.717) is 0 Å². The zero-order chi connectivity index (χ0) is 26.4. The fourth-order valence-corrected chi connectivity index (χ4v) is 11.7. The maximum Gasteiger partial charge on any atom is -1.00 e. The molecule has 39 heavy (non-hydrogen) atoms. The van der Waals surface area contributed by atoms with Crippen molar-refractivity contribution in [2.24, 2.45) is 0 Å². The van der Waals surface area contributed by atoms with Gasteiger partial charge in [-0.1, -0.05) is 0 Å². The van der Waals surface area contributed by atoms with Gasteiger partial charge < -0.3 is 37.2 Å². The average molecular weight is 633 g/mol. The van der Waals surface area contributed by atoms with E-state index in [4.69, 9.17) is 0 Å². The molecule has 0 saturated heterocycles. The van der Waals surface area contributed by atoms with E-state index in [2.05, 4.69) is 149 Å². The molecule has 4 rings (SSSR count). The first-order valence-corrected chi connectivity index (χ1v) is 15.7. The fraction of sp³-hybridized carbons (Fsp3) is 0.333. The molecule has 0 saturated carbocycles. The Morgan fingerprint density at radius 3 is 1.56 bits per heavy atom. The Bertz CT molecular complexity index is 1300.